The Bertz CT molecular complexity index is 1020. The van der Waals surface area contributed by atoms with Gasteiger partial charge in [-0.05, 0) is 22.8 Å². The van der Waals surface area contributed by atoms with Crippen LogP contribution in [0.1, 0.15) is 0 Å². The van der Waals surface area contributed by atoms with E-state index in [2.05, 4.69) is 17.1 Å². The lowest BCUT2D eigenvalue weighted by atomic mass is 9.98. The lowest BCUT2D eigenvalue weighted by Crippen LogP contribution is -1.90. The molecular weight excluding hydrogens is 300 g/mol. The molecule has 4 rings (SSSR count). The summed E-state index contributed by atoms with van der Waals surface area (Å²) < 4.78 is 0. The minimum absolute atomic E-state index is 0.101. The Morgan fingerprint density at radius 3 is 2.17 bits per heavy atom. The molecule has 1 N–H and O–H groups in total. The number of aromatic amines is 1. The highest BCUT2D eigenvalue weighted by molar-refractivity contribution is 5.96. The molecule has 0 aliphatic carbocycles. The highest BCUT2D eigenvalue weighted by atomic mass is 16.6. The Morgan fingerprint density at radius 2 is 1.46 bits per heavy atom. The molecule has 0 spiro atoms. The van der Waals surface area contributed by atoms with Gasteiger partial charge in [-0.2, -0.15) is 0 Å². The van der Waals surface area contributed by atoms with Crippen LogP contribution in [0.3, 0.4) is 0 Å². The van der Waals surface area contributed by atoms with Gasteiger partial charge in [-0.3, -0.25) is 10.1 Å². The summed E-state index contributed by atoms with van der Waals surface area (Å²) in [6.45, 7) is 0. The minimum atomic E-state index is -0.353. The molecule has 4 nitrogen and oxygen atoms in total. The Morgan fingerprint density at radius 1 is 0.792 bits per heavy atom. The molecule has 4 aromatic rings. The van der Waals surface area contributed by atoms with Gasteiger partial charge >= 0.3 is 0 Å². The number of non-ortho nitro benzene ring substituents is 1. The van der Waals surface area contributed by atoms with E-state index in [0.29, 0.717) is 0 Å². The normalized spacial score (nSPS) is 10.8. The van der Waals surface area contributed by atoms with Gasteiger partial charge in [0.05, 0.1) is 10.4 Å². The second kappa shape index (κ2) is 5.66. The van der Waals surface area contributed by atoms with E-state index in [1.165, 1.54) is 0 Å². The number of nitro groups is 1. The summed E-state index contributed by atoms with van der Waals surface area (Å²) in [7, 11) is 0. The van der Waals surface area contributed by atoms with Crippen LogP contribution in [0.4, 0.5) is 5.69 Å². The Kier molecular flexibility index (Phi) is 3.35. The summed E-state index contributed by atoms with van der Waals surface area (Å²) in [6, 6.07) is 23.3. The SMILES string of the molecule is O=[N+]([O-])c1cc(-c2ccc(-c3ccccc3)cc2)c2[nH]ccc2c1. The fourth-order valence-corrected chi connectivity index (χ4v) is 2.96. The van der Waals surface area contributed by atoms with Crippen molar-refractivity contribution in [1.82, 2.24) is 4.98 Å². The van der Waals surface area contributed by atoms with Gasteiger partial charge in [0, 0.05) is 29.3 Å². The van der Waals surface area contributed by atoms with Gasteiger partial charge in [0.25, 0.3) is 5.69 Å². The van der Waals surface area contributed by atoms with Crippen LogP contribution in [0.25, 0.3) is 33.2 Å². The maximum atomic E-state index is 11.2. The molecule has 4 heteroatoms. The number of benzene rings is 3. The first-order valence-electron chi connectivity index (χ1n) is 7.64. The summed E-state index contributed by atoms with van der Waals surface area (Å²) in [4.78, 5) is 14.0. The molecule has 0 saturated heterocycles. The molecule has 116 valence electrons. The lowest BCUT2D eigenvalue weighted by molar-refractivity contribution is -0.384. The third kappa shape index (κ3) is 2.44. The van der Waals surface area contributed by atoms with E-state index in [1.54, 1.807) is 18.3 Å². The zero-order valence-corrected chi connectivity index (χ0v) is 12.8. The van der Waals surface area contributed by atoms with Crippen LogP contribution in [-0.2, 0) is 0 Å². The van der Waals surface area contributed by atoms with Crippen molar-refractivity contribution >= 4 is 16.6 Å². The molecule has 0 amide bonds. The molecule has 24 heavy (non-hydrogen) atoms. The third-order valence-corrected chi connectivity index (χ3v) is 4.16. The largest absolute Gasteiger partial charge is 0.361 e. The smallest absolute Gasteiger partial charge is 0.270 e. The zero-order valence-electron chi connectivity index (χ0n) is 12.8. The van der Waals surface area contributed by atoms with Gasteiger partial charge in [0.15, 0.2) is 0 Å². The van der Waals surface area contributed by atoms with E-state index in [0.717, 1.165) is 33.2 Å². The van der Waals surface area contributed by atoms with E-state index in [9.17, 15) is 10.1 Å². The van der Waals surface area contributed by atoms with Gasteiger partial charge < -0.3 is 4.98 Å². The van der Waals surface area contributed by atoms with E-state index >= 15 is 0 Å². The second-order valence-corrected chi connectivity index (χ2v) is 5.64. The molecule has 0 saturated carbocycles. The maximum Gasteiger partial charge on any atom is 0.270 e. The first kappa shape index (κ1) is 14.2. The molecule has 0 aliphatic rings. The highest BCUT2D eigenvalue weighted by Crippen LogP contribution is 2.33. The lowest BCUT2D eigenvalue weighted by Gasteiger charge is -2.07. The first-order valence-corrected chi connectivity index (χ1v) is 7.64. The van der Waals surface area contributed by atoms with Gasteiger partial charge in [0.2, 0.25) is 0 Å². The summed E-state index contributed by atoms with van der Waals surface area (Å²) in [6.07, 6.45) is 1.80. The van der Waals surface area contributed by atoms with Gasteiger partial charge in [-0.25, -0.2) is 0 Å². The molecule has 1 aromatic heterocycles. The quantitative estimate of drug-likeness (QED) is 0.406. The number of aromatic nitrogens is 1. The van der Waals surface area contributed by atoms with Crippen molar-refractivity contribution in [3.05, 3.63) is 89.1 Å². The number of nitro benzene ring substituents is 1. The van der Waals surface area contributed by atoms with E-state index in [4.69, 9.17) is 0 Å². The van der Waals surface area contributed by atoms with Crippen molar-refractivity contribution in [2.45, 2.75) is 0 Å². The van der Waals surface area contributed by atoms with Gasteiger partial charge in [-0.15, -0.1) is 0 Å². The molecule has 0 fully saturated rings. The molecule has 0 atom stereocenters. The van der Waals surface area contributed by atoms with Crippen molar-refractivity contribution in [2.24, 2.45) is 0 Å². The zero-order chi connectivity index (χ0) is 16.5. The number of hydrogen-bond donors (Lipinski definition) is 1. The van der Waals surface area contributed by atoms with E-state index in [-0.39, 0.29) is 10.6 Å². The fraction of sp³-hybridized carbons (Fsp3) is 0. The Labute approximate surface area is 138 Å². The first-order chi connectivity index (χ1) is 11.7. The summed E-state index contributed by atoms with van der Waals surface area (Å²) in [5.41, 5.74) is 5.06. The number of nitrogens with one attached hydrogen (secondary N) is 1. The highest BCUT2D eigenvalue weighted by Gasteiger charge is 2.13. The summed E-state index contributed by atoms with van der Waals surface area (Å²) in [5, 5.41) is 12.0. The molecule has 3 aromatic carbocycles. The van der Waals surface area contributed by atoms with E-state index in [1.807, 2.05) is 48.5 Å². The second-order valence-electron chi connectivity index (χ2n) is 5.64. The fourth-order valence-electron chi connectivity index (χ4n) is 2.96. The molecule has 1 heterocycles. The van der Waals surface area contributed by atoms with E-state index < -0.39 is 0 Å². The van der Waals surface area contributed by atoms with Gasteiger partial charge in [0.1, 0.15) is 0 Å². The molecule has 0 bridgehead atoms. The number of nitrogens with zero attached hydrogens (tertiary/aromatic N) is 1. The average molecular weight is 314 g/mol. The Hall–Kier alpha value is -3.40. The topological polar surface area (TPSA) is 58.9 Å². The van der Waals surface area contributed by atoms with Crippen LogP contribution >= 0.6 is 0 Å². The van der Waals surface area contributed by atoms with Crippen LogP contribution in [0.15, 0.2) is 79.0 Å². The standard InChI is InChI=1S/C20H14N2O2/c23-22(24)18-12-17-10-11-21-20(17)19(13-18)16-8-6-15(7-9-16)14-4-2-1-3-5-14/h1-13,21H. The van der Waals surface area contributed by atoms with Crippen LogP contribution in [0.5, 0.6) is 0 Å². The minimum Gasteiger partial charge on any atom is -0.361 e. The van der Waals surface area contributed by atoms with Crippen LogP contribution < -0.4 is 0 Å². The van der Waals surface area contributed by atoms with Crippen molar-refractivity contribution in [2.75, 3.05) is 0 Å². The van der Waals surface area contributed by atoms with Crippen molar-refractivity contribution in [1.29, 1.82) is 0 Å². The molecule has 0 unspecified atom stereocenters. The monoisotopic (exact) mass is 314 g/mol. The number of hydrogen-bond acceptors (Lipinski definition) is 2. The number of H-pyrrole nitrogens is 1. The average Bonchev–Trinajstić information content (AvgIpc) is 3.10. The molecule has 0 radical (unpaired) electrons. The number of rotatable bonds is 3. The maximum absolute atomic E-state index is 11.2. The molecule has 0 aliphatic heterocycles. The van der Waals surface area contributed by atoms with Gasteiger partial charge in [-0.1, -0.05) is 54.6 Å². The Balaban J connectivity index is 1.83. The molecular formula is C20H14N2O2. The van der Waals surface area contributed by atoms with Crippen molar-refractivity contribution in [3.63, 3.8) is 0 Å². The van der Waals surface area contributed by atoms with Crippen molar-refractivity contribution < 1.29 is 4.92 Å². The summed E-state index contributed by atoms with van der Waals surface area (Å²) in [5.74, 6) is 0. The number of fused-ring (bicyclic) bond motifs is 1. The van der Waals surface area contributed by atoms with Crippen LogP contribution in [0, 0.1) is 10.1 Å². The van der Waals surface area contributed by atoms with Crippen molar-refractivity contribution in [3.8, 4) is 22.3 Å². The third-order valence-electron chi connectivity index (χ3n) is 4.16. The predicted octanol–water partition coefficient (Wildman–Crippen LogP) is 5.41. The van der Waals surface area contributed by atoms with Crippen LogP contribution in [-0.4, -0.2) is 9.91 Å². The summed E-state index contributed by atoms with van der Waals surface area (Å²) >= 11 is 0. The predicted molar refractivity (Wildman–Crippen MR) is 95.8 cm³/mol. The van der Waals surface area contributed by atoms with Crippen LogP contribution in [0.2, 0.25) is 0 Å².